The van der Waals surface area contributed by atoms with Crippen molar-refractivity contribution in [3.63, 3.8) is 0 Å². The molecule has 0 saturated heterocycles. The molecule has 19 heavy (non-hydrogen) atoms. The monoisotopic (exact) mass is 263 g/mol. The first-order chi connectivity index (χ1) is 8.92. The van der Waals surface area contributed by atoms with E-state index in [-0.39, 0.29) is 11.7 Å². The molecule has 0 atom stereocenters. The lowest BCUT2D eigenvalue weighted by atomic mass is 9.93. The highest BCUT2D eigenvalue weighted by Gasteiger charge is 2.28. The third-order valence-electron chi connectivity index (χ3n) is 2.99. The molecule has 0 fully saturated rings. The van der Waals surface area contributed by atoms with Crippen LogP contribution < -0.4 is 11.0 Å². The van der Waals surface area contributed by atoms with Gasteiger partial charge < -0.3 is 20.0 Å². The predicted molar refractivity (Wildman–Crippen MR) is 73.2 cm³/mol. The van der Waals surface area contributed by atoms with E-state index in [0.717, 1.165) is 16.7 Å². The van der Waals surface area contributed by atoms with E-state index in [0.29, 0.717) is 6.54 Å². The highest BCUT2D eigenvalue weighted by molar-refractivity contribution is 5.79. The van der Waals surface area contributed by atoms with Crippen LogP contribution in [-0.2, 0) is 9.53 Å². The van der Waals surface area contributed by atoms with Gasteiger partial charge in [0, 0.05) is 12.2 Å². The van der Waals surface area contributed by atoms with Gasteiger partial charge in [-0.05, 0) is 32.0 Å². The average molecular weight is 263 g/mol. The number of anilines is 1. The van der Waals surface area contributed by atoms with Gasteiger partial charge in [-0.25, -0.2) is 4.79 Å². The molecule has 1 aromatic carbocycles. The van der Waals surface area contributed by atoms with Gasteiger partial charge >= 0.3 is 11.7 Å². The molecule has 102 valence electrons. The predicted octanol–water partition coefficient (Wildman–Crippen LogP) is 1.47. The molecule has 0 saturated carbocycles. The van der Waals surface area contributed by atoms with Crippen LogP contribution in [0.1, 0.15) is 13.8 Å². The minimum absolute atomic E-state index is 0.234. The summed E-state index contributed by atoms with van der Waals surface area (Å²) in [5, 5.41) is 3.16. The molecule has 0 amide bonds. The van der Waals surface area contributed by atoms with Gasteiger partial charge in [-0.1, -0.05) is 0 Å². The summed E-state index contributed by atoms with van der Waals surface area (Å²) in [5.74, 6) is -0.267. The zero-order valence-corrected chi connectivity index (χ0v) is 11.2. The molecule has 6 heteroatoms. The Kier molecular flexibility index (Phi) is 3.33. The molecule has 0 bridgehead atoms. The van der Waals surface area contributed by atoms with Gasteiger partial charge in [0.2, 0.25) is 0 Å². The molecule has 0 aliphatic carbocycles. The first-order valence-corrected chi connectivity index (χ1v) is 5.97. The SMILES string of the molecule is COC(=O)C(C)(C)CNc1ccc2[nH]c(=O)[nH]c2c1. The Morgan fingerprint density at radius 2 is 2.00 bits per heavy atom. The third kappa shape index (κ3) is 2.78. The topological polar surface area (TPSA) is 87.0 Å². The Morgan fingerprint density at radius 1 is 1.32 bits per heavy atom. The van der Waals surface area contributed by atoms with Crippen molar-refractivity contribution in [2.75, 3.05) is 19.0 Å². The second kappa shape index (κ2) is 4.79. The molecule has 0 aliphatic rings. The number of esters is 1. The highest BCUT2D eigenvalue weighted by Crippen LogP contribution is 2.20. The summed E-state index contributed by atoms with van der Waals surface area (Å²) in [4.78, 5) is 28.1. The molecule has 0 aliphatic heterocycles. The maximum absolute atomic E-state index is 11.6. The van der Waals surface area contributed by atoms with Crippen molar-refractivity contribution in [1.29, 1.82) is 0 Å². The summed E-state index contributed by atoms with van der Waals surface area (Å²) in [7, 11) is 1.38. The van der Waals surface area contributed by atoms with E-state index in [1.54, 1.807) is 6.07 Å². The van der Waals surface area contributed by atoms with Gasteiger partial charge in [0.1, 0.15) is 0 Å². The van der Waals surface area contributed by atoms with Crippen molar-refractivity contribution in [2.45, 2.75) is 13.8 Å². The number of rotatable bonds is 4. The number of imidazole rings is 1. The Morgan fingerprint density at radius 3 is 2.68 bits per heavy atom. The summed E-state index contributed by atoms with van der Waals surface area (Å²) in [6, 6.07) is 5.47. The number of carbonyl (C=O) groups is 1. The zero-order valence-electron chi connectivity index (χ0n) is 11.2. The van der Waals surface area contributed by atoms with Crippen molar-refractivity contribution in [1.82, 2.24) is 9.97 Å². The first kappa shape index (κ1) is 13.2. The van der Waals surface area contributed by atoms with E-state index >= 15 is 0 Å². The number of aromatic amines is 2. The Labute approximate surface area is 110 Å². The molecule has 2 rings (SSSR count). The fraction of sp³-hybridized carbons (Fsp3) is 0.385. The number of hydrogen-bond acceptors (Lipinski definition) is 4. The molecule has 0 spiro atoms. The van der Waals surface area contributed by atoms with Crippen LogP contribution in [0.5, 0.6) is 0 Å². The number of H-pyrrole nitrogens is 2. The van der Waals surface area contributed by atoms with E-state index in [4.69, 9.17) is 4.74 Å². The van der Waals surface area contributed by atoms with Crippen LogP contribution in [-0.4, -0.2) is 29.6 Å². The minimum Gasteiger partial charge on any atom is -0.469 e. The molecule has 0 unspecified atom stereocenters. The largest absolute Gasteiger partial charge is 0.469 e. The highest BCUT2D eigenvalue weighted by atomic mass is 16.5. The lowest BCUT2D eigenvalue weighted by Crippen LogP contribution is -2.33. The van der Waals surface area contributed by atoms with Crippen LogP contribution in [0.4, 0.5) is 5.69 Å². The van der Waals surface area contributed by atoms with Crippen LogP contribution in [0.2, 0.25) is 0 Å². The average Bonchev–Trinajstić information content (AvgIpc) is 2.74. The smallest absolute Gasteiger partial charge is 0.323 e. The summed E-state index contributed by atoms with van der Waals surface area (Å²) < 4.78 is 4.75. The molecule has 1 aromatic heterocycles. The fourth-order valence-electron chi connectivity index (χ4n) is 1.81. The lowest BCUT2D eigenvalue weighted by Gasteiger charge is -2.22. The van der Waals surface area contributed by atoms with Crippen LogP contribution >= 0.6 is 0 Å². The number of hydrogen-bond donors (Lipinski definition) is 3. The maximum Gasteiger partial charge on any atom is 0.323 e. The Hall–Kier alpha value is -2.24. The maximum atomic E-state index is 11.6. The van der Waals surface area contributed by atoms with E-state index in [9.17, 15) is 9.59 Å². The number of fused-ring (bicyclic) bond motifs is 1. The minimum atomic E-state index is -0.616. The van der Waals surface area contributed by atoms with Crippen LogP contribution in [0.25, 0.3) is 11.0 Å². The number of benzene rings is 1. The standard InChI is InChI=1S/C13H17N3O3/c1-13(2,11(17)19-3)7-14-8-4-5-9-10(6-8)16-12(18)15-9/h4-6,14H,7H2,1-3H3,(H2,15,16,18). The van der Waals surface area contributed by atoms with Crippen molar-refractivity contribution in [3.05, 3.63) is 28.7 Å². The van der Waals surface area contributed by atoms with Crippen LogP contribution in [0.3, 0.4) is 0 Å². The van der Waals surface area contributed by atoms with E-state index in [1.165, 1.54) is 7.11 Å². The molecule has 1 heterocycles. The first-order valence-electron chi connectivity index (χ1n) is 5.97. The quantitative estimate of drug-likeness (QED) is 0.729. The van der Waals surface area contributed by atoms with E-state index in [2.05, 4.69) is 15.3 Å². The molecule has 6 nitrogen and oxygen atoms in total. The third-order valence-corrected chi connectivity index (χ3v) is 2.99. The van der Waals surface area contributed by atoms with Crippen LogP contribution in [0.15, 0.2) is 23.0 Å². The van der Waals surface area contributed by atoms with Crippen LogP contribution in [0, 0.1) is 5.41 Å². The van der Waals surface area contributed by atoms with Crippen molar-refractivity contribution >= 4 is 22.7 Å². The van der Waals surface area contributed by atoms with E-state index < -0.39 is 5.41 Å². The number of methoxy groups -OCH3 is 1. The second-order valence-corrected chi connectivity index (χ2v) is 5.07. The summed E-state index contributed by atoms with van der Waals surface area (Å²) in [6.45, 7) is 4.06. The van der Waals surface area contributed by atoms with Gasteiger partial charge in [-0.15, -0.1) is 0 Å². The number of carbonyl (C=O) groups excluding carboxylic acids is 1. The van der Waals surface area contributed by atoms with Gasteiger partial charge in [-0.3, -0.25) is 4.79 Å². The molecular weight excluding hydrogens is 246 g/mol. The Bertz CT molecular complexity index is 654. The Balaban J connectivity index is 2.13. The molecule has 0 radical (unpaired) electrons. The number of aromatic nitrogens is 2. The van der Waals surface area contributed by atoms with Gasteiger partial charge in [0.25, 0.3) is 0 Å². The summed E-state index contributed by atoms with van der Waals surface area (Å²) >= 11 is 0. The summed E-state index contributed by atoms with van der Waals surface area (Å²) in [5.41, 5.74) is 1.46. The van der Waals surface area contributed by atoms with E-state index in [1.807, 2.05) is 26.0 Å². The zero-order chi connectivity index (χ0) is 14.0. The molecule has 3 N–H and O–H groups in total. The normalized spacial score (nSPS) is 11.5. The fourth-order valence-corrected chi connectivity index (χ4v) is 1.81. The van der Waals surface area contributed by atoms with Gasteiger partial charge in [-0.2, -0.15) is 0 Å². The van der Waals surface area contributed by atoms with Crippen molar-refractivity contribution in [3.8, 4) is 0 Å². The number of nitrogens with one attached hydrogen (secondary N) is 3. The second-order valence-electron chi connectivity index (χ2n) is 5.07. The lowest BCUT2D eigenvalue weighted by molar-refractivity contribution is -0.149. The van der Waals surface area contributed by atoms with Crippen molar-refractivity contribution < 1.29 is 9.53 Å². The van der Waals surface area contributed by atoms with Gasteiger partial charge in [0.05, 0.1) is 23.6 Å². The van der Waals surface area contributed by atoms with Gasteiger partial charge in [0.15, 0.2) is 0 Å². The molecule has 2 aromatic rings. The number of ether oxygens (including phenoxy) is 1. The molecular formula is C13H17N3O3. The van der Waals surface area contributed by atoms with Crippen molar-refractivity contribution in [2.24, 2.45) is 5.41 Å². The summed E-state index contributed by atoms with van der Waals surface area (Å²) in [6.07, 6.45) is 0.